The van der Waals surface area contributed by atoms with E-state index in [1.807, 2.05) is 12.1 Å². The van der Waals surface area contributed by atoms with Crippen molar-refractivity contribution in [2.75, 3.05) is 6.54 Å². The first-order valence-corrected chi connectivity index (χ1v) is 3.60. The molecular weight excluding hydrogens is 140 g/mol. The largest absolute Gasteiger partial charge is 0.391 e. The van der Waals surface area contributed by atoms with E-state index in [0.29, 0.717) is 13.0 Å². The molecule has 3 heteroatoms. The molecule has 1 rings (SSSR count). The molecule has 1 atom stereocenters. The van der Waals surface area contributed by atoms with E-state index in [-0.39, 0.29) is 0 Å². The molecule has 0 spiro atoms. The average Bonchev–Trinajstić information content (AvgIpc) is 2.06. The fourth-order valence-electron chi connectivity index (χ4n) is 0.874. The van der Waals surface area contributed by atoms with Gasteiger partial charge in [-0.05, 0) is 11.6 Å². The molecule has 1 heterocycles. The standard InChI is InChI=1S/C8H12N2O/c9-5-8(11)4-7-2-1-3-10-6-7/h1-3,6,8,11H,4-5,9H2. The monoisotopic (exact) mass is 152 g/mol. The van der Waals surface area contributed by atoms with Crippen LogP contribution in [0.1, 0.15) is 5.56 Å². The molecule has 11 heavy (non-hydrogen) atoms. The van der Waals surface area contributed by atoms with Gasteiger partial charge in [0.25, 0.3) is 0 Å². The Morgan fingerprint density at radius 3 is 3.00 bits per heavy atom. The van der Waals surface area contributed by atoms with Crippen molar-refractivity contribution in [2.45, 2.75) is 12.5 Å². The van der Waals surface area contributed by atoms with Gasteiger partial charge in [-0.15, -0.1) is 0 Å². The number of rotatable bonds is 3. The first-order chi connectivity index (χ1) is 5.33. The summed E-state index contributed by atoms with van der Waals surface area (Å²) >= 11 is 0. The van der Waals surface area contributed by atoms with E-state index in [1.165, 1.54) is 0 Å². The maximum absolute atomic E-state index is 9.16. The lowest BCUT2D eigenvalue weighted by Gasteiger charge is -2.05. The van der Waals surface area contributed by atoms with Crippen molar-refractivity contribution in [3.63, 3.8) is 0 Å². The van der Waals surface area contributed by atoms with Crippen LogP contribution in [0.4, 0.5) is 0 Å². The minimum atomic E-state index is -0.445. The molecule has 3 nitrogen and oxygen atoms in total. The predicted octanol–water partition coefficient (Wildman–Crippen LogP) is -0.0563. The Labute approximate surface area is 65.9 Å². The molecule has 60 valence electrons. The predicted molar refractivity (Wildman–Crippen MR) is 43.0 cm³/mol. The molecule has 3 N–H and O–H groups in total. The van der Waals surface area contributed by atoms with Crippen LogP contribution >= 0.6 is 0 Å². The Kier molecular flexibility index (Phi) is 3.01. The van der Waals surface area contributed by atoms with Gasteiger partial charge in [0.1, 0.15) is 0 Å². The van der Waals surface area contributed by atoms with Crippen LogP contribution in [-0.4, -0.2) is 22.7 Å². The number of nitrogens with two attached hydrogens (primary N) is 1. The highest BCUT2D eigenvalue weighted by molar-refractivity contribution is 5.09. The van der Waals surface area contributed by atoms with Crippen molar-refractivity contribution in [3.05, 3.63) is 30.1 Å². The number of hydrogen-bond donors (Lipinski definition) is 2. The van der Waals surface area contributed by atoms with Crippen LogP contribution in [0.25, 0.3) is 0 Å². The number of nitrogens with zero attached hydrogens (tertiary/aromatic N) is 1. The lowest BCUT2D eigenvalue weighted by atomic mass is 10.1. The summed E-state index contributed by atoms with van der Waals surface area (Å²) in [5, 5.41) is 9.16. The van der Waals surface area contributed by atoms with Crippen LogP contribution in [0.5, 0.6) is 0 Å². The van der Waals surface area contributed by atoms with Crippen LogP contribution in [0, 0.1) is 0 Å². The minimum absolute atomic E-state index is 0.300. The maximum Gasteiger partial charge on any atom is 0.0703 e. The molecule has 0 saturated carbocycles. The van der Waals surface area contributed by atoms with Gasteiger partial charge >= 0.3 is 0 Å². The zero-order chi connectivity index (χ0) is 8.10. The lowest BCUT2D eigenvalue weighted by molar-refractivity contribution is 0.183. The summed E-state index contributed by atoms with van der Waals surface area (Å²) in [4.78, 5) is 3.92. The number of hydrogen-bond acceptors (Lipinski definition) is 3. The SMILES string of the molecule is NCC(O)Cc1cccnc1. The smallest absolute Gasteiger partial charge is 0.0703 e. The van der Waals surface area contributed by atoms with Crippen molar-refractivity contribution >= 4 is 0 Å². The molecule has 1 aromatic rings. The lowest BCUT2D eigenvalue weighted by Crippen LogP contribution is -2.21. The third kappa shape index (κ3) is 2.65. The van der Waals surface area contributed by atoms with Gasteiger partial charge in [0, 0.05) is 25.4 Å². The quantitative estimate of drug-likeness (QED) is 0.638. The second-order valence-corrected chi connectivity index (χ2v) is 2.45. The molecule has 0 radical (unpaired) electrons. The Bertz CT molecular complexity index is 201. The van der Waals surface area contributed by atoms with Gasteiger partial charge in [-0.2, -0.15) is 0 Å². The fourth-order valence-corrected chi connectivity index (χ4v) is 0.874. The topological polar surface area (TPSA) is 59.1 Å². The molecular formula is C8H12N2O. The number of pyridine rings is 1. The highest BCUT2D eigenvalue weighted by Crippen LogP contribution is 1.99. The molecule has 0 aliphatic carbocycles. The molecule has 0 aliphatic rings. The second-order valence-electron chi connectivity index (χ2n) is 2.45. The summed E-state index contributed by atoms with van der Waals surface area (Å²) < 4.78 is 0. The van der Waals surface area contributed by atoms with Crippen LogP contribution in [-0.2, 0) is 6.42 Å². The van der Waals surface area contributed by atoms with E-state index < -0.39 is 6.10 Å². The van der Waals surface area contributed by atoms with Crippen LogP contribution in [0.3, 0.4) is 0 Å². The maximum atomic E-state index is 9.16. The molecule has 1 unspecified atom stereocenters. The van der Waals surface area contributed by atoms with Crippen LogP contribution in [0.15, 0.2) is 24.5 Å². The van der Waals surface area contributed by atoms with E-state index in [2.05, 4.69) is 4.98 Å². The summed E-state index contributed by atoms with van der Waals surface area (Å²) in [5.41, 5.74) is 6.27. The Morgan fingerprint density at radius 1 is 1.64 bits per heavy atom. The van der Waals surface area contributed by atoms with E-state index in [9.17, 15) is 0 Å². The van der Waals surface area contributed by atoms with E-state index in [0.717, 1.165) is 5.56 Å². The summed E-state index contributed by atoms with van der Waals surface area (Å²) in [6.07, 6.45) is 3.58. The summed E-state index contributed by atoms with van der Waals surface area (Å²) in [6, 6.07) is 3.77. The van der Waals surface area contributed by atoms with Crippen molar-refractivity contribution in [2.24, 2.45) is 5.73 Å². The first kappa shape index (κ1) is 8.17. The average molecular weight is 152 g/mol. The number of aliphatic hydroxyl groups is 1. The summed E-state index contributed by atoms with van der Waals surface area (Å²) in [6.45, 7) is 0.300. The highest BCUT2D eigenvalue weighted by Gasteiger charge is 2.01. The highest BCUT2D eigenvalue weighted by atomic mass is 16.3. The molecule has 1 aromatic heterocycles. The van der Waals surface area contributed by atoms with Gasteiger partial charge in [-0.3, -0.25) is 4.98 Å². The Hall–Kier alpha value is -0.930. The van der Waals surface area contributed by atoms with Crippen LogP contribution in [0.2, 0.25) is 0 Å². The summed E-state index contributed by atoms with van der Waals surface area (Å²) in [5.74, 6) is 0. The third-order valence-electron chi connectivity index (χ3n) is 1.47. The van der Waals surface area contributed by atoms with E-state index >= 15 is 0 Å². The zero-order valence-electron chi connectivity index (χ0n) is 6.27. The Balaban J connectivity index is 2.51. The van der Waals surface area contributed by atoms with E-state index in [1.54, 1.807) is 12.4 Å². The summed E-state index contributed by atoms with van der Waals surface area (Å²) in [7, 11) is 0. The molecule has 0 bridgehead atoms. The zero-order valence-corrected chi connectivity index (χ0v) is 6.27. The third-order valence-corrected chi connectivity index (χ3v) is 1.47. The van der Waals surface area contributed by atoms with Gasteiger partial charge < -0.3 is 10.8 Å². The Morgan fingerprint density at radius 2 is 2.45 bits per heavy atom. The fraction of sp³-hybridized carbons (Fsp3) is 0.375. The second kappa shape index (κ2) is 4.05. The van der Waals surface area contributed by atoms with Crippen molar-refractivity contribution in [1.82, 2.24) is 4.98 Å². The van der Waals surface area contributed by atoms with Gasteiger partial charge in [-0.25, -0.2) is 0 Å². The molecule has 0 aliphatic heterocycles. The molecule has 0 fully saturated rings. The molecule has 0 saturated heterocycles. The number of aliphatic hydroxyl groups excluding tert-OH is 1. The van der Waals surface area contributed by atoms with Crippen molar-refractivity contribution < 1.29 is 5.11 Å². The van der Waals surface area contributed by atoms with E-state index in [4.69, 9.17) is 10.8 Å². The molecule has 0 aromatic carbocycles. The number of aromatic nitrogens is 1. The van der Waals surface area contributed by atoms with Crippen molar-refractivity contribution in [1.29, 1.82) is 0 Å². The van der Waals surface area contributed by atoms with Gasteiger partial charge in [0.05, 0.1) is 6.10 Å². The van der Waals surface area contributed by atoms with Crippen molar-refractivity contribution in [3.8, 4) is 0 Å². The molecule has 0 amide bonds. The van der Waals surface area contributed by atoms with Crippen LogP contribution < -0.4 is 5.73 Å². The van der Waals surface area contributed by atoms with Gasteiger partial charge in [0.15, 0.2) is 0 Å². The van der Waals surface area contributed by atoms with Gasteiger partial charge in [0.2, 0.25) is 0 Å². The minimum Gasteiger partial charge on any atom is -0.391 e. The first-order valence-electron chi connectivity index (χ1n) is 3.60. The normalized spacial score (nSPS) is 12.9. The van der Waals surface area contributed by atoms with Gasteiger partial charge in [-0.1, -0.05) is 6.07 Å².